The standard InChI is InChI=1S/C11H8O2S/c12-11(13)10-7-4-8-14(10)9-5-2-1-3-6-9/h1-8H. The molecule has 0 spiro atoms. The van der Waals surface area contributed by atoms with Crippen molar-refractivity contribution in [2.45, 2.75) is 0 Å². The summed E-state index contributed by atoms with van der Waals surface area (Å²) in [7, 11) is -0.440. The Balaban J connectivity index is 2.52. The molecule has 1 aromatic carbocycles. The maximum Gasteiger partial charge on any atom is 0.201 e. The minimum atomic E-state index is -1.08. The average molecular weight is 204 g/mol. The SMILES string of the molecule is O=C([O-])c1ccc[s+]1-c1ccccc1. The van der Waals surface area contributed by atoms with E-state index >= 15 is 0 Å². The number of aromatic carboxylic acids is 1. The van der Waals surface area contributed by atoms with Crippen LogP contribution in [0.5, 0.6) is 0 Å². The lowest BCUT2D eigenvalue weighted by Gasteiger charge is -1.95. The van der Waals surface area contributed by atoms with E-state index in [2.05, 4.69) is 0 Å². The van der Waals surface area contributed by atoms with E-state index in [4.69, 9.17) is 0 Å². The van der Waals surface area contributed by atoms with E-state index < -0.39 is 16.4 Å². The molecule has 3 heteroatoms. The van der Waals surface area contributed by atoms with Gasteiger partial charge < -0.3 is 9.90 Å². The fourth-order valence-corrected chi connectivity index (χ4v) is 2.93. The van der Waals surface area contributed by atoms with Gasteiger partial charge in [-0.15, -0.1) is 0 Å². The Morgan fingerprint density at radius 3 is 2.43 bits per heavy atom. The summed E-state index contributed by atoms with van der Waals surface area (Å²) in [6, 6.07) is 12.9. The van der Waals surface area contributed by atoms with Crippen LogP contribution in [0.2, 0.25) is 0 Å². The van der Waals surface area contributed by atoms with Crippen molar-refractivity contribution >= 4 is 16.4 Å². The van der Waals surface area contributed by atoms with Gasteiger partial charge in [0.2, 0.25) is 4.88 Å². The molecule has 0 amide bonds. The van der Waals surface area contributed by atoms with Crippen LogP contribution in [-0.4, -0.2) is 5.97 Å². The number of carboxylic acid groups (broad SMARTS) is 1. The number of thiophene rings is 1. The van der Waals surface area contributed by atoms with Crippen molar-refractivity contribution in [1.29, 1.82) is 0 Å². The smallest absolute Gasteiger partial charge is 0.201 e. The predicted octanol–water partition coefficient (Wildman–Crippen LogP) is 1.79. The van der Waals surface area contributed by atoms with Gasteiger partial charge in [-0.3, -0.25) is 0 Å². The second-order valence-corrected chi connectivity index (χ2v) is 4.66. The van der Waals surface area contributed by atoms with Crippen LogP contribution in [0.3, 0.4) is 0 Å². The largest absolute Gasteiger partial charge is 0.540 e. The molecule has 70 valence electrons. The molecule has 14 heavy (non-hydrogen) atoms. The van der Waals surface area contributed by atoms with Crippen molar-refractivity contribution in [1.82, 2.24) is 0 Å². The van der Waals surface area contributed by atoms with Crippen molar-refractivity contribution in [3.8, 4) is 4.90 Å². The summed E-state index contributed by atoms with van der Waals surface area (Å²) in [6.45, 7) is 0. The van der Waals surface area contributed by atoms with E-state index in [-0.39, 0.29) is 0 Å². The zero-order chi connectivity index (χ0) is 9.97. The van der Waals surface area contributed by atoms with Gasteiger partial charge in [-0.2, -0.15) is 0 Å². The van der Waals surface area contributed by atoms with Crippen LogP contribution < -0.4 is 5.11 Å². The Kier molecular flexibility index (Phi) is 2.33. The lowest BCUT2D eigenvalue weighted by molar-refractivity contribution is -0.254. The Labute approximate surface area is 84.4 Å². The maximum absolute atomic E-state index is 10.8. The molecule has 1 heterocycles. The molecule has 1 aromatic heterocycles. The summed E-state index contributed by atoms with van der Waals surface area (Å²) in [5, 5.41) is 12.7. The number of hydrogen-bond acceptors (Lipinski definition) is 2. The van der Waals surface area contributed by atoms with Gasteiger partial charge in [0.15, 0.2) is 4.90 Å². The van der Waals surface area contributed by atoms with E-state index in [1.807, 2.05) is 35.7 Å². The van der Waals surface area contributed by atoms with Crippen LogP contribution in [0.25, 0.3) is 4.90 Å². The number of carboxylic acids is 1. The molecule has 0 aliphatic rings. The van der Waals surface area contributed by atoms with Gasteiger partial charge in [-0.1, -0.05) is 18.2 Å². The van der Waals surface area contributed by atoms with Crippen molar-refractivity contribution in [2.24, 2.45) is 0 Å². The minimum absolute atomic E-state index is 0.358. The highest BCUT2D eigenvalue weighted by molar-refractivity contribution is 7.39. The highest BCUT2D eigenvalue weighted by Crippen LogP contribution is 2.34. The molecule has 0 radical (unpaired) electrons. The summed E-state index contributed by atoms with van der Waals surface area (Å²) in [5.74, 6) is -1.08. The summed E-state index contributed by atoms with van der Waals surface area (Å²) < 4.78 is 0. The lowest BCUT2D eigenvalue weighted by Crippen LogP contribution is -2.21. The topological polar surface area (TPSA) is 40.1 Å². The first kappa shape index (κ1) is 8.97. The van der Waals surface area contributed by atoms with Gasteiger partial charge in [0.25, 0.3) is 0 Å². The molecule has 0 bridgehead atoms. The van der Waals surface area contributed by atoms with Crippen LogP contribution in [0, 0.1) is 0 Å². The number of carbonyl (C=O) groups excluding carboxylic acids is 1. The zero-order valence-corrected chi connectivity index (χ0v) is 8.16. The Hall–Kier alpha value is -1.61. The molecule has 2 rings (SSSR count). The Morgan fingerprint density at radius 1 is 1.07 bits per heavy atom. The van der Waals surface area contributed by atoms with Gasteiger partial charge >= 0.3 is 0 Å². The second kappa shape index (κ2) is 3.64. The average Bonchev–Trinajstić information content (AvgIpc) is 2.67. The first-order valence-corrected chi connectivity index (χ1v) is 5.46. The van der Waals surface area contributed by atoms with E-state index in [9.17, 15) is 9.90 Å². The molecule has 2 nitrogen and oxygen atoms in total. The van der Waals surface area contributed by atoms with Gasteiger partial charge in [-0.25, -0.2) is 0 Å². The van der Waals surface area contributed by atoms with Crippen molar-refractivity contribution in [2.75, 3.05) is 0 Å². The fourth-order valence-electron chi connectivity index (χ4n) is 1.28. The molecule has 0 fully saturated rings. The van der Waals surface area contributed by atoms with Gasteiger partial charge in [0.1, 0.15) is 11.3 Å². The molecule has 0 saturated heterocycles. The zero-order valence-electron chi connectivity index (χ0n) is 7.34. The van der Waals surface area contributed by atoms with E-state index in [0.29, 0.717) is 4.88 Å². The van der Waals surface area contributed by atoms with Crippen molar-refractivity contribution in [3.05, 3.63) is 52.7 Å². The van der Waals surface area contributed by atoms with E-state index in [1.54, 1.807) is 12.1 Å². The van der Waals surface area contributed by atoms with Crippen molar-refractivity contribution in [3.63, 3.8) is 0 Å². The van der Waals surface area contributed by atoms with Crippen LogP contribution in [0.4, 0.5) is 0 Å². The monoisotopic (exact) mass is 204 g/mol. The third-order valence-corrected chi connectivity index (χ3v) is 3.88. The van der Waals surface area contributed by atoms with Crippen molar-refractivity contribution < 1.29 is 9.90 Å². The number of benzene rings is 1. The molecule has 1 unspecified atom stereocenters. The molecule has 0 aliphatic carbocycles. The van der Waals surface area contributed by atoms with Crippen LogP contribution >= 0.6 is 10.5 Å². The van der Waals surface area contributed by atoms with E-state index in [0.717, 1.165) is 4.90 Å². The molecule has 2 aromatic rings. The summed E-state index contributed by atoms with van der Waals surface area (Å²) in [5.41, 5.74) is 0. The summed E-state index contributed by atoms with van der Waals surface area (Å²) >= 11 is 0. The van der Waals surface area contributed by atoms with Gasteiger partial charge in [-0.05, 0) is 18.2 Å². The number of rotatable bonds is 2. The third kappa shape index (κ3) is 1.54. The van der Waals surface area contributed by atoms with E-state index in [1.165, 1.54) is 0 Å². The van der Waals surface area contributed by atoms with Crippen LogP contribution in [0.1, 0.15) is 9.67 Å². The molecule has 0 saturated carbocycles. The molecular formula is C11H8O2S. The first-order chi connectivity index (χ1) is 6.79. The quantitative estimate of drug-likeness (QED) is 0.700. The lowest BCUT2D eigenvalue weighted by atomic mass is 10.4. The maximum atomic E-state index is 10.8. The second-order valence-electron chi connectivity index (χ2n) is 2.80. The summed E-state index contributed by atoms with van der Waals surface area (Å²) in [6.07, 6.45) is 0. The molecule has 0 aliphatic heterocycles. The fraction of sp³-hybridized carbons (Fsp3) is 0. The third-order valence-electron chi connectivity index (χ3n) is 1.90. The normalized spacial score (nSPS) is 11.3. The van der Waals surface area contributed by atoms with Gasteiger partial charge in [0, 0.05) is 16.5 Å². The highest BCUT2D eigenvalue weighted by atomic mass is 32.2. The molecule has 1 atom stereocenters. The van der Waals surface area contributed by atoms with Crippen LogP contribution in [0.15, 0.2) is 47.8 Å². The number of hydrogen-bond donors (Lipinski definition) is 0. The molecular weight excluding hydrogens is 196 g/mol. The highest BCUT2D eigenvalue weighted by Gasteiger charge is 2.15. The summed E-state index contributed by atoms with van der Waals surface area (Å²) in [4.78, 5) is 12.1. The predicted molar refractivity (Wildman–Crippen MR) is 54.6 cm³/mol. The minimum Gasteiger partial charge on any atom is -0.540 e. The number of carbonyl (C=O) groups is 1. The first-order valence-electron chi connectivity index (χ1n) is 4.17. The van der Waals surface area contributed by atoms with Crippen LogP contribution in [-0.2, 0) is 0 Å². The Bertz CT molecular complexity index is 445. The molecule has 0 N–H and O–H groups in total. The van der Waals surface area contributed by atoms with Gasteiger partial charge in [0.05, 0.1) is 0 Å². The Morgan fingerprint density at radius 2 is 1.79 bits per heavy atom.